The van der Waals surface area contributed by atoms with Crippen LogP contribution in [0.3, 0.4) is 0 Å². The van der Waals surface area contributed by atoms with Gasteiger partial charge >= 0.3 is 0 Å². The molecule has 0 spiro atoms. The lowest BCUT2D eigenvalue weighted by Crippen LogP contribution is -2.11. The van der Waals surface area contributed by atoms with Gasteiger partial charge in [-0.25, -0.2) is 0 Å². The number of benzene rings is 1. The predicted molar refractivity (Wildman–Crippen MR) is 75.3 cm³/mol. The molecule has 19 heavy (non-hydrogen) atoms. The summed E-state index contributed by atoms with van der Waals surface area (Å²) in [4.78, 5) is 23.5. The fraction of sp³-hybridized carbons (Fsp3) is 0.500. The minimum atomic E-state index is -0.0670. The van der Waals surface area contributed by atoms with Gasteiger partial charge < -0.3 is 5.11 Å². The number of hydrogen-bond acceptors (Lipinski definition) is 3. The van der Waals surface area contributed by atoms with Crippen LogP contribution in [0.1, 0.15) is 50.4 Å². The Morgan fingerprint density at radius 1 is 1.16 bits per heavy atom. The first kappa shape index (κ1) is 15.4. The molecule has 1 atom stereocenters. The van der Waals surface area contributed by atoms with Crippen molar-refractivity contribution < 1.29 is 14.7 Å². The minimum Gasteiger partial charge on any atom is -0.507 e. The Morgan fingerprint density at radius 2 is 1.79 bits per heavy atom. The zero-order chi connectivity index (χ0) is 14.4. The average molecular weight is 262 g/mol. The van der Waals surface area contributed by atoms with Crippen molar-refractivity contribution >= 4 is 11.6 Å². The minimum absolute atomic E-state index is 0.0259. The lowest BCUT2D eigenvalue weighted by atomic mass is 9.93. The average Bonchev–Trinajstić information content (AvgIpc) is 2.36. The Kier molecular flexibility index (Phi) is 5.74. The van der Waals surface area contributed by atoms with E-state index in [0.29, 0.717) is 18.4 Å². The van der Waals surface area contributed by atoms with E-state index in [9.17, 15) is 14.7 Å². The van der Waals surface area contributed by atoms with E-state index in [2.05, 4.69) is 0 Å². The first-order valence-electron chi connectivity index (χ1n) is 6.75. The Labute approximate surface area is 114 Å². The van der Waals surface area contributed by atoms with E-state index < -0.39 is 0 Å². The summed E-state index contributed by atoms with van der Waals surface area (Å²) in [7, 11) is 0. The number of Topliss-reactive ketones (excluding diaryl/α,β-unsaturated/α-hetero) is 2. The monoisotopic (exact) mass is 262 g/mol. The number of carbonyl (C=O) groups is 2. The molecule has 0 heterocycles. The van der Waals surface area contributed by atoms with Crippen molar-refractivity contribution in [1.29, 1.82) is 0 Å². The maximum atomic E-state index is 12.0. The fourth-order valence-electron chi connectivity index (χ4n) is 1.92. The highest BCUT2D eigenvalue weighted by atomic mass is 16.3. The highest BCUT2D eigenvalue weighted by Gasteiger charge is 2.16. The zero-order valence-corrected chi connectivity index (χ0v) is 11.8. The number of rotatable bonds is 7. The summed E-state index contributed by atoms with van der Waals surface area (Å²) < 4.78 is 0. The summed E-state index contributed by atoms with van der Waals surface area (Å²) in [6.07, 6.45) is 1.60. The number of phenolic OH excluding ortho intramolecular Hbond substituents is 1. The van der Waals surface area contributed by atoms with Crippen molar-refractivity contribution in [2.75, 3.05) is 0 Å². The second-order valence-electron chi connectivity index (χ2n) is 5.41. The number of para-hydroxylation sites is 1. The van der Waals surface area contributed by atoms with E-state index >= 15 is 0 Å². The van der Waals surface area contributed by atoms with Gasteiger partial charge in [0.05, 0.1) is 5.56 Å². The van der Waals surface area contributed by atoms with Crippen molar-refractivity contribution in [2.24, 2.45) is 11.8 Å². The topological polar surface area (TPSA) is 54.4 Å². The third-order valence-corrected chi connectivity index (χ3v) is 3.27. The van der Waals surface area contributed by atoms with Crippen LogP contribution in [0.2, 0.25) is 0 Å². The normalized spacial score (nSPS) is 12.4. The van der Waals surface area contributed by atoms with Crippen LogP contribution in [0.25, 0.3) is 0 Å². The van der Waals surface area contributed by atoms with Crippen LogP contribution in [0.15, 0.2) is 24.3 Å². The molecule has 1 N–H and O–H groups in total. The molecule has 104 valence electrons. The van der Waals surface area contributed by atoms with Crippen LogP contribution in [0.4, 0.5) is 0 Å². The first-order valence-corrected chi connectivity index (χ1v) is 6.75. The maximum Gasteiger partial charge on any atom is 0.166 e. The van der Waals surface area contributed by atoms with Crippen LogP contribution in [0, 0.1) is 11.8 Å². The number of hydrogen-bond donors (Lipinski definition) is 1. The zero-order valence-electron chi connectivity index (χ0n) is 11.8. The molecule has 0 aliphatic heterocycles. The van der Waals surface area contributed by atoms with Gasteiger partial charge in [-0.2, -0.15) is 0 Å². The van der Waals surface area contributed by atoms with Crippen LogP contribution in [-0.2, 0) is 4.79 Å². The molecule has 0 aliphatic rings. The van der Waals surface area contributed by atoms with E-state index in [0.717, 1.165) is 6.42 Å². The number of phenols is 1. The van der Waals surface area contributed by atoms with Crippen molar-refractivity contribution in [3.05, 3.63) is 29.8 Å². The molecular weight excluding hydrogens is 240 g/mol. The summed E-state index contributed by atoms with van der Waals surface area (Å²) in [6, 6.07) is 6.57. The van der Waals surface area contributed by atoms with Crippen molar-refractivity contribution in [3.8, 4) is 5.75 Å². The fourth-order valence-corrected chi connectivity index (χ4v) is 1.92. The molecule has 0 bridgehead atoms. The molecule has 1 rings (SSSR count). The van der Waals surface area contributed by atoms with Crippen molar-refractivity contribution in [2.45, 2.75) is 40.0 Å². The van der Waals surface area contributed by atoms with Gasteiger partial charge in [-0.3, -0.25) is 9.59 Å². The van der Waals surface area contributed by atoms with Crippen molar-refractivity contribution in [1.82, 2.24) is 0 Å². The molecule has 0 unspecified atom stereocenters. The molecule has 0 radical (unpaired) electrons. The highest BCUT2D eigenvalue weighted by molar-refractivity contribution is 5.98. The van der Waals surface area contributed by atoms with E-state index in [1.807, 2.05) is 20.8 Å². The number of aromatic hydroxyl groups is 1. The van der Waals surface area contributed by atoms with Gasteiger partial charge in [-0.15, -0.1) is 0 Å². The Morgan fingerprint density at radius 3 is 2.37 bits per heavy atom. The Balaban J connectivity index is 2.49. The predicted octanol–water partition coefficient (Wildman–Crippen LogP) is 3.61. The standard InChI is InChI=1S/C16H22O3/c1-11(2)14(17)9-8-12(3)10-16(19)13-6-4-5-7-15(13)18/h4-7,11-12,18H,8-10H2,1-3H3/t12-/m1/s1. The van der Waals surface area contributed by atoms with E-state index in [1.165, 1.54) is 6.07 Å². The molecule has 3 nitrogen and oxygen atoms in total. The van der Waals surface area contributed by atoms with Gasteiger partial charge in [-0.1, -0.05) is 32.9 Å². The lowest BCUT2D eigenvalue weighted by Gasteiger charge is -2.11. The van der Waals surface area contributed by atoms with Crippen LogP contribution >= 0.6 is 0 Å². The van der Waals surface area contributed by atoms with Crippen LogP contribution < -0.4 is 0 Å². The molecule has 0 amide bonds. The second kappa shape index (κ2) is 7.07. The number of ketones is 2. The van der Waals surface area contributed by atoms with Gasteiger partial charge in [0, 0.05) is 18.8 Å². The van der Waals surface area contributed by atoms with E-state index in [4.69, 9.17) is 0 Å². The maximum absolute atomic E-state index is 12.0. The second-order valence-corrected chi connectivity index (χ2v) is 5.41. The Hall–Kier alpha value is -1.64. The molecule has 0 saturated carbocycles. The summed E-state index contributed by atoms with van der Waals surface area (Å²) in [5.74, 6) is 0.401. The van der Waals surface area contributed by atoms with Crippen LogP contribution in [0.5, 0.6) is 5.75 Å². The number of carbonyl (C=O) groups excluding carboxylic acids is 2. The summed E-state index contributed by atoms with van der Waals surface area (Å²) in [6.45, 7) is 5.74. The van der Waals surface area contributed by atoms with Gasteiger partial charge in [0.15, 0.2) is 5.78 Å². The molecular formula is C16H22O3. The van der Waals surface area contributed by atoms with Gasteiger partial charge in [0.25, 0.3) is 0 Å². The van der Waals surface area contributed by atoms with Gasteiger partial charge in [-0.05, 0) is 24.5 Å². The quantitative estimate of drug-likeness (QED) is 0.764. The molecule has 0 aliphatic carbocycles. The largest absolute Gasteiger partial charge is 0.507 e. The van der Waals surface area contributed by atoms with Crippen LogP contribution in [-0.4, -0.2) is 16.7 Å². The third kappa shape index (κ3) is 4.86. The molecule has 3 heteroatoms. The van der Waals surface area contributed by atoms with E-state index in [-0.39, 0.29) is 29.2 Å². The lowest BCUT2D eigenvalue weighted by molar-refractivity contribution is -0.122. The Bertz CT molecular complexity index is 449. The van der Waals surface area contributed by atoms with Gasteiger partial charge in [0.2, 0.25) is 0 Å². The summed E-state index contributed by atoms with van der Waals surface area (Å²) >= 11 is 0. The molecule has 0 fully saturated rings. The third-order valence-electron chi connectivity index (χ3n) is 3.27. The van der Waals surface area contributed by atoms with E-state index in [1.54, 1.807) is 18.2 Å². The smallest absolute Gasteiger partial charge is 0.166 e. The summed E-state index contributed by atoms with van der Waals surface area (Å²) in [5, 5.41) is 9.61. The molecule has 0 saturated heterocycles. The van der Waals surface area contributed by atoms with Crippen molar-refractivity contribution in [3.63, 3.8) is 0 Å². The van der Waals surface area contributed by atoms with Gasteiger partial charge in [0.1, 0.15) is 11.5 Å². The summed E-state index contributed by atoms with van der Waals surface area (Å²) in [5.41, 5.74) is 0.365. The molecule has 0 aromatic heterocycles. The molecule has 1 aromatic carbocycles. The SMILES string of the molecule is CC(C)C(=O)CC[C@@H](C)CC(=O)c1ccccc1O. The highest BCUT2D eigenvalue weighted by Crippen LogP contribution is 2.21. The molecule has 1 aromatic rings. The first-order chi connectivity index (χ1) is 8.91.